The molecule has 0 aliphatic rings. The number of carbonyl (C=O) groups is 1. The van der Waals surface area contributed by atoms with Gasteiger partial charge in [-0.1, -0.05) is 29.8 Å². The molecule has 0 spiro atoms. The van der Waals surface area contributed by atoms with E-state index in [1.165, 1.54) is 18.3 Å². The molecule has 4 nitrogen and oxygen atoms in total. The summed E-state index contributed by atoms with van der Waals surface area (Å²) >= 11 is 5.92. The standard InChI is InChI=1S/C19H15ClFN3O/c1-24(15-5-3-2-4-6-15)18-10-7-13(12-22-18)19(25)23-17-9-8-14(21)11-16(17)20/h2-12H,1H3,(H,23,25). The van der Waals surface area contributed by atoms with Crippen LogP contribution in [-0.2, 0) is 0 Å². The number of rotatable bonds is 4. The Balaban J connectivity index is 1.74. The van der Waals surface area contributed by atoms with Gasteiger partial charge in [-0.25, -0.2) is 9.37 Å². The first-order valence-electron chi connectivity index (χ1n) is 7.56. The molecule has 1 heterocycles. The first-order valence-corrected chi connectivity index (χ1v) is 7.93. The van der Waals surface area contributed by atoms with Crippen molar-refractivity contribution in [2.45, 2.75) is 0 Å². The number of pyridine rings is 1. The highest BCUT2D eigenvalue weighted by molar-refractivity contribution is 6.33. The molecule has 2 aromatic carbocycles. The van der Waals surface area contributed by atoms with E-state index in [0.717, 1.165) is 11.8 Å². The first kappa shape index (κ1) is 16.9. The summed E-state index contributed by atoms with van der Waals surface area (Å²) in [6.07, 6.45) is 1.49. The molecule has 0 bridgehead atoms. The smallest absolute Gasteiger partial charge is 0.257 e. The fourth-order valence-electron chi connectivity index (χ4n) is 2.29. The van der Waals surface area contributed by atoms with Gasteiger partial charge in [0.1, 0.15) is 11.6 Å². The van der Waals surface area contributed by atoms with E-state index in [4.69, 9.17) is 11.6 Å². The van der Waals surface area contributed by atoms with Crippen molar-refractivity contribution in [3.05, 3.63) is 83.3 Å². The van der Waals surface area contributed by atoms with Gasteiger partial charge in [0.05, 0.1) is 16.3 Å². The molecular weight excluding hydrogens is 341 g/mol. The minimum absolute atomic E-state index is 0.141. The monoisotopic (exact) mass is 355 g/mol. The maximum Gasteiger partial charge on any atom is 0.257 e. The predicted molar refractivity (Wildman–Crippen MR) is 98.1 cm³/mol. The van der Waals surface area contributed by atoms with Gasteiger partial charge in [-0.3, -0.25) is 4.79 Å². The van der Waals surface area contributed by atoms with E-state index in [0.29, 0.717) is 17.1 Å². The SMILES string of the molecule is CN(c1ccccc1)c1ccc(C(=O)Nc2ccc(F)cc2Cl)cn1. The summed E-state index contributed by atoms with van der Waals surface area (Å²) in [6, 6.07) is 17.0. The molecule has 1 N–H and O–H groups in total. The highest BCUT2D eigenvalue weighted by Gasteiger charge is 2.11. The normalized spacial score (nSPS) is 10.4. The topological polar surface area (TPSA) is 45.2 Å². The number of hydrogen-bond acceptors (Lipinski definition) is 3. The molecular formula is C19H15ClFN3O. The van der Waals surface area contributed by atoms with Crippen LogP contribution in [0.25, 0.3) is 0 Å². The highest BCUT2D eigenvalue weighted by atomic mass is 35.5. The number of benzene rings is 2. The summed E-state index contributed by atoms with van der Waals surface area (Å²) < 4.78 is 13.1. The lowest BCUT2D eigenvalue weighted by atomic mass is 10.2. The molecule has 1 amide bonds. The summed E-state index contributed by atoms with van der Waals surface area (Å²) in [5.74, 6) is -0.115. The van der Waals surface area contributed by atoms with Crippen LogP contribution in [0, 0.1) is 5.82 Å². The zero-order chi connectivity index (χ0) is 17.8. The molecule has 0 atom stereocenters. The summed E-state index contributed by atoms with van der Waals surface area (Å²) in [6.45, 7) is 0. The maximum absolute atomic E-state index is 13.1. The molecule has 0 radical (unpaired) electrons. The van der Waals surface area contributed by atoms with Gasteiger partial charge in [-0.05, 0) is 42.5 Å². The van der Waals surface area contributed by atoms with Crippen LogP contribution in [0.3, 0.4) is 0 Å². The lowest BCUT2D eigenvalue weighted by Crippen LogP contribution is -2.14. The lowest BCUT2D eigenvalue weighted by molar-refractivity contribution is 0.102. The minimum atomic E-state index is -0.460. The summed E-state index contributed by atoms with van der Waals surface area (Å²) in [5.41, 5.74) is 1.72. The third-order valence-corrected chi connectivity index (χ3v) is 3.99. The second kappa shape index (κ2) is 7.32. The molecule has 0 saturated carbocycles. The van der Waals surface area contributed by atoms with Gasteiger partial charge in [-0.15, -0.1) is 0 Å². The number of halogens is 2. The second-order valence-corrected chi connectivity index (χ2v) is 5.79. The molecule has 0 fully saturated rings. The third-order valence-electron chi connectivity index (χ3n) is 3.68. The van der Waals surface area contributed by atoms with Gasteiger partial charge < -0.3 is 10.2 Å². The summed E-state index contributed by atoms with van der Waals surface area (Å²) in [7, 11) is 1.90. The third kappa shape index (κ3) is 3.95. The predicted octanol–water partition coefficient (Wildman–Crippen LogP) is 4.89. The van der Waals surface area contributed by atoms with Gasteiger partial charge in [-0.2, -0.15) is 0 Å². The Bertz CT molecular complexity index is 885. The van der Waals surface area contributed by atoms with E-state index in [2.05, 4.69) is 10.3 Å². The Morgan fingerprint density at radius 2 is 1.88 bits per heavy atom. The van der Waals surface area contributed by atoms with Crippen molar-refractivity contribution in [3.8, 4) is 0 Å². The first-order chi connectivity index (χ1) is 12.0. The number of nitrogens with zero attached hydrogens (tertiary/aromatic N) is 2. The zero-order valence-electron chi connectivity index (χ0n) is 13.4. The number of amides is 1. The molecule has 0 unspecified atom stereocenters. The Hall–Kier alpha value is -2.92. The van der Waals surface area contributed by atoms with Gasteiger partial charge in [0.15, 0.2) is 0 Å². The van der Waals surface area contributed by atoms with Crippen LogP contribution in [-0.4, -0.2) is 17.9 Å². The van der Waals surface area contributed by atoms with Crippen molar-refractivity contribution in [2.75, 3.05) is 17.3 Å². The van der Waals surface area contributed by atoms with E-state index in [1.807, 2.05) is 42.3 Å². The number of nitrogens with one attached hydrogen (secondary N) is 1. The molecule has 0 aliphatic carbocycles. The maximum atomic E-state index is 13.1. The molecule has 3 aromatic rings. The van der Waals surface area contributed by atoms with E-state index in [1.54, 1.807) is 12.1 Å². The van der Waals surface area contributed by atoms with Gasteiger partial charge in [0, 0.05) is 18.9 Å². The minimum Gasteiger partial charge on any atom is -0.329 e. The fourth-order valence-corrected chi connectivity index (χ4v) is 2.50. The van der Waals surface area contributed by atoms with Crippen molar-refractivity contribution in [1.82, 2.24) is 4.98 Å². The lowest BCUT2D eigenvalue weighted by Gasteiger charge is -2.18. The quantitative estimate of drug-likeness (QED) is 0.724. The molecule has 126 valence electrons. The van der Waals surface area contributed by atoms with Crippen LogP contribution < -0.4 is 10.2 Å². The molecule has 0 saturated heterocycles. The van der Waals surface area contributed by atoms with E-state index < -0.39 is 5.82 Å². The second-order valence-electron chi connectivity index (χ2n) is 5.38. The van der Waals surface area contributed by atoms with Crippen LogP contribution in [0.4, 0.5) is 21.6 Å². The molecule has 0 aliphatic heterocycles. The Kier molecular flexibility index (Phi) is 4.95. The Morgan fingerprint density at radius 1 is 1.12 bits per heavy atom. The Labute approximate surface area is 149 Å². The van der Waals surface area contributed by atoms with Crippen LogP contribution in [0.5, 0.6) is 0 Å². The van der Waals surface area contributed by atoms with Crippen molar-refractivity contribution in [3.63, 3.8) is 0 Å². The number of aromatic nitrogens is 1. The average molecular weight is 356 g/mol. The summed E-state index contributed by atoms with van der Waals surface area (Å²) in [4.78, 5) is 18.5. The number of para-hydroxylation sites is 1. The number of carbonyl (C=O) groups excluding carboxylic acids is 1. The number of hydrogen-bond donors (Lipinski definition) is 1. The van der Waals surface area contributed by atoms with E-state index >= 15 is 0 Å². The molecule has 25 heavy (non-hydrogen) atoms. The molecule has 1 aromatic heterocycles. The molecule has 6 heteroatoms. The number of anilines is 3. The van der Waals surface area contributed by atoms with Crippen molar-refractivity contribution in [2.24, 2.45) is 0 Å². The van der Waals surface area contributed by atoms with Crippen LogP contribution >= 0.6 is 11.6 Å². The highest BCUT2D eigenvalue weighted by Crippen LogP contribution is 2.24. The van der Waals surface area contributed by atoms with Crippen molar-refractivity contribution in [1.29, 1.82) is 0 Å². The Morgan fingerprint density at radius 3 is 2.52 bits per heavy atom. The van der Waals surface area contributed by atoms with Crippen LogP contribution in [0.2, 0.25) is 5.02 Å². The fraction of sp³-hybridized carbons (Fsp3) is 0.0526. The zero-order valence-corrected chi connectivity index (χ0v) is 14.2. The van der Waals surface area contributed by atoms with Gasteiger partial charge >= 0.3 is 0 Å². The molecule has 3 rings (SSSR count). The van der Waals surface area contributed by atoms with Gasteiger partial charge in [0.2, 0.25) is 0 Å². The van der Waals surface area contributed by atoms with Crippen molar-refractivity contribution < 1.29 is 9.18 Å². The van der Waals surface area contributed by atoms with Crippen LogP contribution in [0.15, 0.2) is 66.9 Å². The van der Waals surface area contributed by atoms with Crippen molar-refractivity contribution >= 4 is 34.7 Å². The van der Waals surface area contributed by atoms with Crippen LogP contribution in [0.1, 0.15) is 10.4 Å². The summed E-state index contributed by atoms with van der Waals surface area (Å²) in [5, 5.41) is 2.78. The van der Waals surface area contributed by atoms with E-state index in [-0.39, 0.29) is 10.9 Å². The van der Waals surface area contributed by atoms with Gasteiger partial charge in [0.25, 0.3) is 5.91 Å². The van der Waals surface area contributed by atoms with E-state index in [9.17, 15) is 9.18 Å². The largest absolute Gasteiger partial charge is 0.329 e. The average Bonchev–Trinajstić information content (AvgIpc) is 2.64.